The van der Waals surface area contributed by atoms with Crippen molar-refractivity contribution in [1.29, 1.82) is 0 Å². The molecular formula is C18H33N3O2. The van der Waals surface area contributed by atoms with Gasteiger partial charge in [-0.3, -0.25) is 9.59 Å². The van der Waals surface area contributed by atoms with Gasteiger partial charge in [0.2, 0.25) is 11.8 Å². The molecule has 5 heteroatoms. The number of carbonyl (C=O) groups excluding carboxylic acids is 2. The molecule has 1 heterocycles. The van der Waals surface area contributed by atoms with E-state index in [1.807, 2.05) is 23.6 Å². The molecule has 1 aliphatic carbocycles. The Labute approximate surface area is 140 Å². The van der Waals surface area contributed by atoms with Crippen molar-refractivity contribution in [3.05, 3.63) is 0 Å². The third kappa shape index (κ3) is 4.93. The van der Waals surface area contributed by atoms with Crippen LogP contribution in [0.1, 0.15) is 65.2 Å². The van der Waals surface area contributed by atoms with E-state index in [9.17, 15) is 9.59 Å². The first-order valence-corrected chi connectivity index (χ1v) is 9.30. The highest BCUT2D eigenvalue weighted by Crippen LogP contribution is 2.28. The Kier molecular flexibility index (Phi) is 6.45. The molecule has 1 unspecified atom stereocenters. The summed E-state index contributed by atoms with van der Waals surface area (Å²) in [6, 6.07) is 0. The van der Waals surface area contributed by atoms with Crippen molar-refractivity contribution in [3.8, 4) is 0 Å². The lowest BCUT2D eigenvalue weighted by Gasteiger charge is -2.38. The van der Waals surface area contributed by atoms with Gasteiger partial charge in [-0.05, 0) is 25.7 Å². The van der Waals surface area contributed by atoms with Gasteiger partial charge in [-0.15, -0.1) is 0 Å². The molecule has 5 nitrogen and oxygen atoms in total. The maximum absolute atomic E-state index is 12.5. The van der Waals surface area contributed by atoms with Crippen LogP contribution in [0.3, 0.4) is 0 Å². The Morgan fingerprint density at radius 2 is 1.65 bits per heavy atom. The molecule has 1 saturated heterocycles. The number of nitrogens with zero attached hydrogens (tertiary/aromatic N) is 2. The number of rotatable bonds is 6. The van der Waals surface area contributed by atoms with Crippen LogP contribution in [0.4, 0.5) is 0 Å². The fourth-order valence-corrected chi connectivity index (χ4v) is 3.93. The summed E-state index contributed by atoms with van der Waals surface area (Å²) in [7, 11) is 0. The Morgan fingerprint density at radius 3 is 2.22 bits per heavy atom. The number of carbonyl (C=O) groups is 2. The van der Waals surface area contributed by atoms with E-state index in [1.165, 1.54) is 25.7 Å². The number of hydrogen-bond acceptors (Lipinski definition) is 3. The van der Waals surface area contributed by atoms with Crippen molar-refractivity contribution in [3.63, 3.8) is 0 Å². The Bertz CT molecular complexity index is 408. The Morgan fingerprint density at radius 1 is 1.09 bits per heavy atom. The fraction of sp³-hybridized carbons (Fsp3) is 0.889. The topological polar surface area (TPSA) is 66.6 Å². The van der Waals surface area contributed by atoms with Crippen LogP contribution >= 0.6 is 0 Å². The number of amides is 2. The summed E-state index contributed by atoms with van der Waals surface area (Å²) >= 11 is 0. The zero-order chi connectivity index (χ0) is 16.9. The molecule has 0 aromatic carbocycles. The van der Waals surface area contributed by atoms with Gasteiger partial charge in [-0.2, -0.15) is 0 Å². The lowest BCUT2D eigenvalue weighted by molar-refractivity contribution is -0.143. The smallest absolute Gasteiger partial charge is 0.242 e. The van der Waals surface area contributed by atoms with Crippen LogP contribution in [-0.2, 0) is 9.59 Å². The fourth-order valence-electron chi connectivity index (χ4n) is 3.93. The van der Waals surface area contributed by atoms with Gasteiger partial charge in [0.05, 0.1) is 5.54 Å². The largest absolute Gasteiger partial charge is 0.339 e. The van der Waals surface area contributed by atoms with Crippen molar-refractivity contribution >= 4 is 11.8 Å². The van der Waals surface area contributed by atoms with Crippen molar-refractivity contribution in [2.24, 2.45) is 11.7 Å². The van der Waals surface area contributed by atoms with Crippen LogP contribution in [0.2, 0.25) is 0 Å². The molecule has 132 valence electrons. The predicted molar refractivity (Wildman–Crippen MR) is 91.9 cm³/mol. The monoisotopic (exact) mass is 323 g/mol. The van der Waals surface area contributed by atoms with Gasteiger partial charge in [0.1, 0.15) is 0 Å². The van der Waals surface area contributed by atoms with E-state index in [0.717, 1.165) is 18.8 Å². The SMILES string of the molecule is CCCC(C)(N)C(=O)N1CCN(C(=O)CCC2CCCC2)CC1. The quantitative estimate of drug-likeness (QED) is 0.814. The lowest BCUT2D eigenvalue weighted by Crippen LogP contribution is -2.58. The molecule has 2 rings (SSSR count). The van der Waals surface area contributed by atoms with Crippen LogP contribution in [0.25, 0.3) is 0 Å². The summed E-state index contributed by atoms with van der Waals surface area (Å²) < 4.78 is 0. The predicted octanol–water partition coefficient (Wildman–Crippen LogP) is 2.15. The number of piperazine rings is 1. The van der Waals surface area contributed by atoms with Crippen LogP contribution < -0.4 is 5.73 Å². The molecule has 0 aromatic heterocycles. The third-order valence-electron chi connectivity index (χ3n) is 5.42. The van der Waals surface area contributed by atoms with Crippen LogP contribution in [-0.4, -0.2) is 53.3 Å². The normalized spacial score (nSPS) is 22.2. The van der Waals surface area contributed by atoms with Crippen molar-refractivity contribution in [2.45, 2.75) is 70.8 Å². The van der Waals surface area contributed by atoms with Gasteiger partial charge in [-0.25, -0.2) is 0 Å². The summed E-state index contributed by atoms with van der Waals surface area (Å²) in [5.74, 6) is 1.04. The summed E-state index contributed by atoms with van der Waals surface area (Å²) in [4.78, 5) is 28.6. The highest BCUT2D eigenvalue weighted by atomic mass is 16.2. The summed E-state index contributed by atoms with van der Waals surface area (Å²) in [5.41, 5.74) is 5.37. The average Bonchev–Trinajstić information content (AvgIpc) is 3.05. The van der Waals surface area contributed by atoms with Crippen molar-refractivity contribution < 1.29 is 9.59 Å². The molecule has 1 atom stereocenters. The number of hydrogen-bond donors (Lipinski definition) is 1. The maximum Gasteiger partial charge on any atom is 0.242 e. The lowest BCUT2D eigenvalue weighted by atomic mass is 9.95. The zero-order valence-electron chi connectivity index (χ0n) is 14.9. The molecule has 0 radical (unpaired) electrons. The molecular weight excluding hydrogens is 290 g/mol. The van der Waals surface area contributed by atoms with Crippen molar-refractivity contribution in [2.75, 3.05) is 26.2 Å². The molecule has 2 N–H and O–H groups in total. The van der Waals surface area contributed by atoms with Crippen molar-refractivity contribution in [1.82, 2.24) is 9.80 Å². The van der Waals surface area contributed by atoms with E-state index >= 15 is 0 Å². The summed E-state index contributed by atoms with van der Waals surface area (Å²) in [6.45, 7) is 6.39. The van der Waals surface area contributed by atoms with Crippen LogP contribution in [0.15, 0.2) is 0 Å². The van der Waals surface area contributed by atoms with E-state index in [0.29, 0.717) is 39.0 Å². The van der Waals surface area contributed by atoms with Crippen LogP contribution in [0.5, 0.6) is 0 Å². The van der Waals surface area contributed by atoms with Gasteiger partial charge in [-0.1, -0.05) is 39.0 Å². The highest BCUT2D eigenvalue weighted by molar-refractivity contribution is 5.86. The first kappa shape index (κ1) is 18.2. The summed E-state index contributed by atoms with van der Waals surface area (Å²) in [5, 5.41) is 0. The molecule has 2 fully saturated rings. The van der Waals surface area contributed by atoms with E-state index in [4.69, 9.17) is 5.73 Å². The molecule has 1 aliphatic heterocycles. The molecule has 0 aromatic rings. The second kappa shape index (κ2) is 8.13. The summed E-state index contributed by atoms with van der Waals surface area (Å²) in [6.07, 6.45) is 8.55. The Balaban J connectivity index is 1.74. The molecule has 2 amide bonds. The molecule has 2 aliphatic rings. The maximum atomic E-state index is 12.5. The minimum absolute atomic E-state index is 0.0254. The number of nitrogens with two attached hydrogens (primary N) is 1. The second-order valence-electron chi connectivity index (χ2n) is 7.53. The first-order chi connectivity index (χ1) is 10.9. The van der Waals surface area contributed by atoms with E-state index in [2.05, 4.69) is 0 Å². The van der Waals surface area contributed by atoms with E-state index in [1.54, 1.807) is 0 Å². The molecule has 23 heavy (non-hydrogen) atoms. The van der Waals surface area contributed by atoms with Gasteiger partial charge in [0.15, 0.2) is 0 Å². The van der Waals surface area contributed by atoms with Gasteiger partial charge in [0.25, 0.3) is 0 Å². The van der Waals surface area contributed by atoms with Crippen LogP contribution in [0, 0.1) is 5.92 Å². The minimum Gasteiger partial charge on any atom is -0.339 e. The van der Waals surface area contributed by atoms with Gasteiger partial charge < -0.3 is 15.5 Å². The van der Waals surface area contributed by atoms with Gasteiger partial charge in [0, 0.05) is 32.6 Å². The average molecular weight is 323 g/mol. The van der Waals surface area contributed by atoms with Gasteiger partial charge >= 0.3 is 0 Å². The zero-order valence-corrected chi connectivity index (χ0v) is 14.9. The molecule has 0 bridgehead atoms. The Hall–Kier alpha value is -1.10. The second-order valence-corrected chi connectivity index (χ2v) is 7.53. The third-order valence-corrected chi connectivity index (χ3v) is 5.42. The van der Waals surface area contributed by atoms with E-state index < -0.39 is 5.54 Å². The molecule has 0 spiro atoms. The molecule has 1 saturated carbocycles. The standard InChI is InChI=1S/C18H33N3O2/c1-3-10-18(2,19)17(23)21-13-11-20(12-14-21)16(22)9-8-15-6-4-5-7-15/h15H,3-14,19H2,1-2H3. The highest BCUT2D eigenvalue weighted by Gasteiger charge is 2.34. The van der Waals surface area contributed by atoms with E-state index in [-0.39, 0.29) is 11.8 Å². The first-order valence-electron chi connectivity index (χ1n) is 9.30. The minimum atomic E-state index is -0.774.